The summed E-state index contributed by atoms with van der Waals surface area (Å²) >= 11 is 1.55. The number of nitrogens with zero attached hydrogens (tertiary/aromatic N) is 2. The summed E-state index contributed by atoms with van der Waals surface area (Å²) < 4.78 is 29.9. The number of carboxylic acids is 1. The van der Waals surface area contributed by atoms with Crippen LogP contribution in [-0.2, 0) is 16.6 Å². The van der Waals surface area contributed by atoms with Crippen molar-refractivity contribution in [1.29, 1.82) is 0 Å². The summed E-state index contributed by atoms with van der Waals surface area (Å²) in [5.74, 6) is -0.378. The van der Waals surface area contributed by atoms with Crippen molar-refractivity contribution in [1.82, 2.24) is 4.31 Å². The van der Waals surface area contributed by atoms with Gasteiger partial charge in [-0.1, -0.05) is 48.0 Å². The van der Waals surface area contributed by atoms with E-state index in [2.05, 4.69) is 34.7 Å². The molecule has 0 spiro atoms. The number of thioether (sulfide) groups is 1. The monoisotopic (exact) mass is 511 g/mol. The van der Waals surface area contributed by atoms with Crippen molar-refractivity contribution in [2.45, 2.75) is 18.2 Å². The molecule has 3 aromatic carbocycles. The third kappa shape index (κ3) is 6.56. The van der Waals surface area contributed by atoms with Crippen molar-refractivity contribution in [3.63, 3.8) is 0 Å². The van der Waals surface area contributed by atoms with E-state index in [-0.39, 0.29) is 11.3 Å². The molecule has 0 aliphatic carbocycles. The van der Waals surface area contributed by atoms with Crippen molar-refractivity contribution >= 4 is 39.3 Å². The minimum atomic E-state index is -3.88. The summed E-state index contributed by atoms with van der Waals surface area (Å²) in [6.07, 6.45) is 0.859. The van der Waals surface area contributed by atoms with Crippen LogP contribution in [0.25, 0.3) is 0 Å². The van der Waals surface area contributed by atoms with Crippen molar-refractivity contribution in [2.75, 3.05) is 41.6 Å². The van der Waals surface area contributed by atoms with Crippen LogP contribution >= 0.6 is 11.8 Å². The normalized spacial score (nSPS) is 14.6. The standard InChI is InChI=1S/C26H29N3O4S2/c1-20-6-5-7-21(18-20)12-17-34-23-10-11-25(24(19-23)26(30)31)27-35(32,33)29-15-13-28(14-16-29)22-8-3-2-4-9-22/h2-11,18-19,27H,12-17H2,1H3,(H,30,31). The number of hydrogen-bond donors (Lipinski definition) is 2. The number of benzene rings is 3. The zero-order valence-electron chi connectivity index (χ0n) is 19.6. The van der Waals surface area contributed by atoms with Crippen LogP contribution in [-0.4, -0.2) is 55.7 Å². The van der Waals surface area contributed by atoms with E-state index in [9.17, 15) is 18.3 Å². The number of piperazine rings is 1. The van der Waals surface area contributed by atoms with Crippen molar-refractivity contribution in [3.05, 3.63) is 89.5 Å². The fourth-order valence-corrected chi connectivity index (χ4v) is 6.23. The number of hydrogen-bond acceptors (Lipinski definition) is 5. The van der Waals surface area contributed by atoms with Gasteiger partial charge in [-0.3, -0.25) is 4.72 Å². The molecule has 0 atom stereocenters. The Labute approximate surface area is 211 Å². The van der Waals surface area contributed by atoms with Crippen molar-refractivity contribution < 1.29 is 18.3 Å². The van der Waals surface area contributed by atoms with Gasteiger partial charge < -0.3 is 10.0 Å². The molecule has 1 aliphatic rings. The quantitative estimate of drug-likeness (QED) is 0.411. The van der Waals surface area contributed by atoms with Gasteiger partial charge in [0, 0.05) is 42.5 Å². The number of rotatable bonds is 9. The average molecular weight is 512 g/mol. The zero-order chi connectivity index (χ0) is 24.8. The first kappa shape index (κ1) is 25.1. The summed E-state index contributed by atoms with van der Waals surface area (Å²) in [5.41, 5.74) is 3.51. The zero-order valence-corrected chi connectivity index (χ0v) is 21.2. The highest BCUT2D eigenvalue weighted by atomic mass is 32.2. The van der Waals surface area contributed by atoms with Crippen LogP contribution in [0.3, 0.4) is 0 Å². The highest BCUT2D eigenvalue weighted by Gasteiger charge is 2.28. The third-order valence-electron chi connectivity index (χ3n) is 5.90. The van der Waals surface area contributed by atoms with E-state index in [1.807, 2.05) is 36.4 Å². The molecule has 9 heteroatoms. The average Bonchev–Trinajstić information content (AvgIpc) is 2.85. The SMILES string of the molecule is Cc1cccc(CCSc2ccc(NS(=O)(=O)N3CCN(c4ccccc4)CC3)c(C(=O)O)c2)c1. The minimum absolute atomic E-state index is 0.0583. The summed E-state index contributed by atoms with van der Waals surface area (Å²) in [5, 5.41) is 9.73. The molecule has 0 bridgehead atoms. The number of aryl methyl sites for hydroxylation is 2. The van der Waals surface area contributed by atoms with Crippen LogP contribution in [0.2, 0.25) is 0 Å². The number of anilines is 2. The fourth-order valence-electron chi connectivity index (χ4n) is 4.06. The summed E-state index contributed by atoms with van der Waals surface area (Å²) in [7, 11) is -3.88. The van der Waals surface area contributed by atoms with Gasteiger partial charge in [0.25, 0.3) is 0 Å². The molecule has 1 aliphatic heterocycles. The van der Waals surface area contributed by atoms with Crippen LogP contribution in [0.15, 0.2) is 77.7 Å². The lowest BCUT2D eigenvalue weighted by atomic mass is 10.1. The van der Waals surface area contributed by atoms with Crippen LogP contribution in [0.4, 0.5) is 11.4 Å². The maximum absolute atomic E-state index is 13.0. The number of aromatic carboxylic acids is 1. The molecule has 35 heavy (non-hydrogen) atoms. The maximum atomic E-state index is 13.0. The van der Waals surface area contributed by atoms with E-state index in [0.29, 0.717) is 26.2 Å². The molecule has 3 aromatic rings. The van der Waals surface area contributed by atoms with Gasteiger partial charge in [-0.2, -0.15) is 12.7 Å². The molecule has 0 amide bonds. The highest BCUT2D eigenvalue weighted by molar-refractivity contribution is 7.99. The van der Waals surface area contributed by atoms with Gasteiger partial charge in [-0.25, -0.2) is 4.79 Å². The summed E-state index contributed by atoms with van der Waals surface area (Å²) in [6, 6.07) is 23.0. The van der Waals surface area contributed by atoms with E-state index in [1.165, 1.54) is 27.6 Å². The van der Waals surface area contributed by atoms with Gasteiger partial charge in [-0.15, -0.1) is 11.8 Å². The Morgan fingerprint density at radius 1 is 0.971 bits per heavy atom. The van der Waals surface area contributed by atoms with Gasteiger partial charge in [-0.05, 0) is 49.2 Å². The highest BCUT2D eigenvalue weighted by Crippen LogP contribution is 2.27. The summed E-state index contributed by atoms with van der Waals surface area (Å²) in [4.78, 5) is 14.8. The Morgan fingerprint density at radius 3 is 2.40 bits per heavy atom. The molecule has 0 radical (unpaired) electrons. The van der Waals surface area contributed by atoms with E-state index >= 15 is 0 Å². The lowest BCUT2D eigenvalue weighted by Gasteiger charge is -2.35. The van der Waals surface area contributed by atoms with Crippen LogP contribution in [0, 0.1) is 6.92 Å². The molecular weight excluding hydrogens is 482 g/mol. The second-order valence-electron chi connectivity index (χ2n) is 8.43. The predicted molar refractivity (Wildman–Crippen MR) is 142 cm³/mol. The first-order valence-corrected chi connectivity index (χ1v) is 13.9. The van der Waals surface area contributed by atoms with Gasteiger partial charge in [0.05, 0.1) is 11.3 Å². The number of carboxylic acid groups (broad SMARTS) is 1. The van der Waals surface area contributed by atoms with E-state index < -0.39 is 16.2 Å². The molecule has 1 saturated heterocycles. The lowest BCUT2D eigenvalue weighted by Crippen LogP contribution is -2.50. The molecule has 2 N–H and O–H groups in total. The Hall–Kier alpha value is -3.01. The fraction of sp³-hybridized carbons (Fsp3) is 0.269. The largest absolute Gasteiger partial charge is 0.478 e. The van der Waals surface area contributed by atoms with Crippen LogP contribution in [0.5, 0.6) is 0 Å². The number of para-hydroxylation sites is 1. The minimum Gasteiger partial charge on any atom is -0.478 e. The maximum Gasteiger partial charge on any atom is 0.337 e. The second kappa shape index (κ2) is 11.2. The first-order valence-electron chi connectivity index (χ1n) is 11.5. The molecule has 184 valence electrons. The van der Waals surface area contributed by atoms with E-state index in [0.717, 1.165) is 22.8 Å². The van der Waals surface area contributed by atoms with E-state index in [1.54, 1.807) is 17.8 Å². The smallest absolute Gasteiger partial charge is 0.337 e. The summed E-state index contributed by atoms with van der Waals surface area (Å²) in [6.45, 7) is 3.82. The van der Waals surface area contributed by atoms with Crippen LogP contribution in [0.1, 0.15) is 21.5 Å². The van der Waals surface area contributed by atoms with Crippen LogP contribution < -0.4 is 9.62 Å². The van der Waals surface area contributed by atoms with Gasteiger partial charge in [0.1, 0.15) is 0 Å². The van der Waals surface area contributed by atoms with E-state index in [4.69, 9.17) is 0 Å². The first-order chi connectivity index (χ1) is 16.8. The van der Waals surface area contributed by atoms with Gasteiger partial charge in [0.2, 0.25) is 0 Å². The third-order valence-corrected chi connectivity index (χ3v) is 8.42. The molecule has 1 heterocycles. The Morgan fingerprint density at radius 2 is 1.71 bits per heavy atom. The topological polar surface area (TPSA) is 90.0 Å². The molecule has 0 aromatic heterocycles. The second-order valence-corrected chi connectivity index (χ2v) is 11.3. The molecule has 1 fully saturated rings. The molecule has 0 unspecified atom stereocenters. The molecule has 7 nitrogen and oxygen atoms in total. The Kier molecular flexibility index (Phi) is 8.00. The molecule has 0 saturated carbocycles. The van der Waals surface area contributed by atoms with Crippen molar-refractivity contribution in [3.8, 4) is 0 Å². The molecule has 4 rings (SSSR count). The number of nitrogens with one attached hydrogen (secondary N) is 1. The lowest BCUT2D eigenvalue weighted by molar-refractivity contribution is 0.0697. The molecular formula is C26H29N3O4S2. The van der Waals surface area contributed by atoms with Crippen molar-refractivity contribution in [2.24, 2.45) is 0 Å². The predicted octanol–water partition coefficient (Wildman–Crippen LogP) is 4.51. The Balaban J connectivity index is 1.39. The Bertz CT molecular complexity index is 1270. The number of carbonyl (C=O) groups is 1. The van der Waals surface area contributed by atoms with Gasteiger partial charge in [0.15, 0.2) is 0 Å². The van der Waals surface area contributed by atoms with Gasteiger partial charge >= 0.3 is 16.2 Å².